The van der Waals surface area contributed by atoms with Crippen LogP contribution in [0.4, 0.5) is 0 Å². The monoisotopic (exact) mass is 323 g/mol. The summed E-state index contributed by atoms with van der Waals surface area (Å²) in [6.45, 7) is 2.81. The van der Waals surface area contributed by atoms with Gasteiger partial charge in [-0.2, -0.15) is 0 Å². The molecule has 0 spiro atoms. The summed E-state index contributed by atoms with van der Waals surface area (Å²) in [6, 6.07) is 15.1. The first-order valence-electron chi connectivity index (χ1n) is 8.23. The molecule has 4 nitrogen and oxygen atoms in total. The van der Waals surface area contributed by atoms with E-state index in [9.17, 15) is 9.59 Å². The van der Waals surface area contributed by atoms with Gasteiger partial charge in [-0.15, -0.1) is 0 Å². The van der Waals surface area contributed by atoms with Crippen molar-refractivity contribution < 1.29 is 14.7 Å². The number of nitrogens with zero attached hydrogens (tertiary/aromatic N) is 1. The van der Waals surface area contributed by atoms with Crippen LogP contribution in [-0.4, -0.2) is 28.4 Å². The number of carboxylic acid groups (broad SMARTS) is 1. The molecule has 2 aromatic carbocycles. The average Bonchev–Trinajstić information content (AvgIpc) is 3.05. The maximum Gasteiger partial charge on any atom is 0.335 e. The Balaban J connectivity index is 1.75. The van der Waals surface area contributed by atoms with Crippen LogP contribution >= 0.6 is 0 Å². The summed E-state index contributed by atoms with van der Waals surface area (Å²) in [4.78, 5) is 25.7. The highest BCUT2D eigenvalue weighted by Crippen LogP contribution is 2.32. The minimum Gasteiger partial charge on any atom is -0.478 e. The Morgan fingerprint density at radius 3 is 2.62 bits per heavy atom. The van der Waals surface area contributed by atoms with Crippen molar-refractivity contribution in [1.82, 2.24) is 4.90 Å². The third kappa shape index (κ3) is 3.48. The second kappa shape index (κ2) is 6.87. The third-order valence-electron chi connectivity index (χ3n) is 4.56. The molecule has 1 N–H and O–H groups in total. The van der Waals surface area contributed by atoms with E-state index in [2.05, 4.69) is 31.2 Å². The fourth-order valence-corrected chi connectivity index (χ4v) is 3.29. The number of rotatable bonds is 4. The lowest BCUT2D eigenvalue weighted by Crippen LogP contribution is -2.31. The molecule has 1 fully saturated rings. The molecule has 1 aliphatic heterocycles. The normalized spacial score (nSPS) is 17.0. The fraction of sp³-hybridized carbons (Fsp3) is 0.300. The van der Waals surface area contributed by atoms with Crippen molar-refractivity contribution >= 4 is 11.9 Å². The van der Waals surface area contributed by atoms with E-state index < -0.39 is 5.97 Å². The molecule has 3 rings (SSSR count). The van der Waals surface area contributed by atoms with Gasteiger partial charge < -0.3 is 10.0 Å². The number of hydrogen-bond donors (Lipinski definition) is 1. The summed E-state index contributed by atoms with van der Waals surface area (Å²) in [5.74, 6) is -0.913. The van der Waals surface area contributed by atoms with Gasteiger partial charge in [0.05, 0.1) is 18.0 Å². The van der Waals surface area contributed by atoms with Gasteiger partial charge in [0.25, 0.3) is 0 Å². The van der Waals surface area contributed by atoms with E-state index in [0.717, 1.165) is 24.9 Å². The highest BCUT2D eigenvalue weighted by molar-refractivity contribution is 5.88. The molecule has 4 heteroatoms. The Morgan fingerprint density at radius 2 is 1.92 bits per heavy atom. The van der Waals surface area contributed by atoms with Gasteiger partial charge in [0, 0.05) is 6.54 Å². The van der Waals surface area contributed by atoms with Gasteiger partial charge in [-0.25, -0.2) is 4.79 Å². The highest BCUT2D eigenvalue weighted by Gasteiger charge is 2.29. The summed E-state index contributed by atoms with van der Waals surface area (Å²) in [5.41, 5.74) is 3.34. The largest absolute Gasteiger partial charge is 0.478 e. The topological polar surface area (TPSA) is 57.6 Å². The van der Waals surface area contributed by atoms with E-state index >= 15 is 0 Å². The van der Waals surface area contributed by atoms with Crippen molar-refractivity contribution in [2.45, 2.75) is 32.2 Å². The number of carbonyl (C=O) groups is 2. The van der Waals surface area contributed by atoms with Gasteiger partial charge in [0.1, 0.15) is 0 Å². The maximum atomic E-state index is 12.7. The molecule has 1 amide bonds. The first-order valence-corrected chi connectivity index (χ1v) is 8.23. The maximum absolute atomic E-state index is 12.7. The quantitative estimate of drug-likeness (QED) is 0.935. The minimum absolute atomic E-state index is 0.0561. The number of amides is 1. The van der Waals surface area contributed by atoms with Crippen LogP contribution in [-0.2, 0) is 11.2 Å². The number of hydrogen-bond acceptors (Lipinski definition) is 2. The lowest BCUT2D eigenvalue weighted by atomic mass is 10.0. The molecule has 0 saturated carbocycles. The second-order valence-electron chi connectivity index (χ2n) is 6.34. The Labute approximate surface area is 141 Å². The molecular formula is C20H21NO3. The number of likely N-dealkylation sites (tertiary alicyclic amines) is 1. The van der Waals surface area contributed by atoms with Crippen LogP contribution in [0.3, 0.4) is 0 Å². The number of carboxylic acids is 1. The first-order chi connectivity index (χ1) is 11.5. The molecule has 24 heavy (non-hydrogen) atoms. The van der Waals surface area contributed by atoms with E-state index in [4.69, 9.17) is 5.11 Å². The van der Waals surface area contributed by atoms with E-state index in [0.29, 0.717) is 0 Å². The van der Waals surface area contributed by atoms with Crippen molar-refractivity contribution in [2.75, 3.05) is 6.54 Å². The summed E-state index contributed by atoms with van der Waals surface area (Å²) >= 11 is 0. The van der Waals surface area contributed by atoms with Crippen molar-refractivity contribution in [3.63, 3.8) is 0 Å². The fourth-order valence-electron chi connectivity index (χ4n) is 3.29. The van der Waals surface area contributed by atoms with Crippen LogP contribution in [0.2, 0.25) is 0 Å². The predicted molar refractivity (Wildman–Crippen MR) is 92.0 cm³/mol. The van der Waals surface area contributed by atoms with Gasteiger partial charge in [-0.3, -0.25) is 4.79 Å². The van der Waals surface area contributed by atoms with Crippen LogP contribution in [0.5, 0.6) is 0 Å². The van der Waals surface area contributed by atoms with E-state index in [1.807, 2.05) is 4.90 Å². The van der Waals surface area contributed by atoms with Crippen LogP contribution in [0.15, 0.2) is 48.5 Å². The summed E-state index contributed by atoms with van der Waals surface area (Å²) in [7, 11) is 0. The minimum atomic E-state index is -0.969. The molecule has 2 aromatic rings. The van der Waals surface area contributed by atoms with E-state index in [-0.39, 0.29) is 23.9 Å². The van der Waals surface area contributed by atoms with Crippen LogP contribution in [0, 0.1) is 6.92 Å². The van der Waals surface area contributed by atoms with Gasteiger partial charge in [-0.05, 0) is 43.0 Å². The van der Waals surface area contributed by atoms with Crippen LogP contribution in [0.1, 0.15) is 45.9 Å². The average molecular weight is 323 g/mol. The summed E-state index contributed by atoms with van der Waals surface area (Å²) in [5, 5.41) is 9.07. The number of carbonyl (C=O) groups excluding carboxylic acids is 1. The number of aromatic carboxylic acids is 1. The van der Waals surface area contributed by atoms with Crippen LogP contribution in [0.25, 0.3) is 0 Å². The van der Waals surface area contributed by atoms with Gasteiger partial charge in [-0.1, -0.05) is 42.0 Å². The van der Waals surface area contributed by atoms with Gasteiger partial charge in [0.2, 0.25) is 5.91 Å². The van der Waals surface area contributed by atoms with Crippen molar-refractivity contribution in [2.24, 2.45) is 0 Å². The summed E-state index contributed by atoms with van der Waals surface area (Å²) in [6.07, 6.45) is 2.22. The van der Waals surface area contributed by atoms with Crippen LogP contribution < -0.4 is 0 Å². The SMILES string of the molecule is Cc1ccc(C2CCCN2C(=O)Cc2cccc(C(=O)O)c2)cc1. The Kier molecular flexibility index (Phi) is 4.65. The molecule has 1 saturated heterocycles. The molecule has 0 aliphatic carbocycles. The molecule has 0 bridgehead atoms. The number of benzene rings is 2. The zero-order valence-corrected chi connectivity index (χ0v) is 13.7. The second-order valence-corrected chi connectivity index (χ2v) is 6.34. The molecule has 0 aromatic heterocycles. The Morgan fingerprint density at radius 1 is 1.17 bits per heavy atom. The highest BCUT2D eigenvalue weighted by atomic mass is 16.4. The molecule has 124 valence electrons. The van der Waals surface area contributed by atoms with E-state index in [1.54, 1.807) is 24.3 Å². The van der Waals surface area contributed by atoms with Crippen molar-refractivity contribution in [1.29, 1.82) is 0 Å². The molecule has 1 aliphatic rings. The predicted octanol–water partition coefficient (Wildman–Crippen LogP) is 3.60. The van der Waals surface area contributed by atoms with E-state index in [1.165, 1.54) is 11.1 Å². The van der Waals surface area contributed by atoms with Gasteiger partial charge in [0.15, 0.2) is 0 Å². The van der Waals surface area contributed by atoms with Crippen molar-refractivity contribution in [3.05, 3.63) is 70.8 Å². The van der Waals surface area contributed by atoms with Gasteiger partial charge >= 0.3 is 5.97 Å². The Bertz CT molecular complexity index is 752. The summed E-state index contributed by atoms with van der Waals surface area (Å²) < 4.78 is 0. The number of aryl methyl sites for hydroxylation is 1. The third-order valence-corrected chi connectivity index (χ3v) is 4.56. The standard InChI is InChI=1S/C20H21NO3/c1-14-7-9-16(10-8-14)18-6-3-11-21(18)19(22)13-15-4-2-5-17(12-15)20(23)24/h2,4-5,7-10,12,18H,3,6,11,13H2,1H3,(H,23,24). The first kappa shape index (κ1) is 16.2. The zero-order valence-electron chi connectivity index (χ0n) is 13.7. The molecule has 1 heterocycles. The molecule has 1 atom stereocenters. The lowest BCUT2D eigenvalue weighted by Gasteiger charge is -2.25. The molecule has 1 unspecified atom stereocenters. The molecular weight excluding hydrogens is 302 g/mol. The zero-order chi connectivity index (χ0) is 17.1. The Hall–Kier alpha value is -2.62. The van der Waals surface area contributed by atoms with Crippen molar-refractivity contribution in [3.8, 4) is 0 Å². The lowest BCUT2D eigenvalue weighted by molar-refractivity contribution is -0.131. The molecule has 0 radical (unpaired) electrons. The smallest absolute Gasteiger partial charge is 0.335 e.